The number of hydrogen-bond acceptors (Lipinski definition) is 3. The normalized spacial score (nSPS) is 17.3. The molecule has 0 saturated heterocycles. The highest BCUT2D eigenvalue weighted by molar-refractivity contribution is 5.85. The van der Waals surface area contributed by atoms with E-state index in [1.165, 1.54) is 37.8 Å². The lowest BCUT2D eigenvalue weighted by Gasteiger charge is -2.14. The number of nitro groups is 1. The van der Waals surface area contributed by atoms with Crippen LogP contribution in [-0.4, -0.2) is 10.7 Å². The van der Waals surface area contributed by atoms with E-state index in [-0.39, 0.29) is 17.4 Å². The minimum atomic E-state index is -0.422. The second kappa shape index (κ2) is 5.95. The maximum absolute atomic E-state index is 12.2. The Morgan fingerprint density at radius 3 is 2.42 bits per heavy atom. The number of nitrogens with zero attached hydrogens (tertiary/aromatic N) is 1. The number of Topliss-reactive ketones (excluding diaryl/α,β-unsaturated/α-hetero) is 1. The Bertz CT molecular complexity index is 461. The number of benzene rings is 1. The largest absolute Gasteiger partial charge is 0.299 e. The Morgan fingerprint density at radius 1 is 1.32 bits per heavy atom. The lowest BCUT2D eigenvalue weighted by Crippen LogP contribution is -2.13. The highest BCUT2D eigenvalue weighted by Gasteiger charge is 2.22. The molecule has 1 aromatic carbocycles. The molecule has 2 rings (SSSR count). The lowest BCUT2D eigenvalue weighted by atomic mass is 9.90. The Morgan fingerprint density at radius 2 is 1.89 bits per heavy atom. The van der Waals surface area contributed by atoms with E-state index in [0.717, 1.165) is 5.56 Å². The second-order valence-electron chi connectivity index (χ2n) is 5.39. The van der Waals surface area contributed by atoms with Crippen LogP contribution in [-0.2, 0) is 4.79 Å². The molecule has 1 fully saturated rings. The molecule has 1 saturated carbocycles. The molecule has 0 bridgehead atoms. The summed E-state index contributed by atoms with van der Waals surface area (Å²) in [7, 11) is 0. The van der Waals surface area contributed by atoms with Crippen molar-refractivity contribution in [3.05, 3.63) is 39.9 Å². The summed E-state index contributed by atoms with van der Waals surface area (Å²) in [5.41, 5.74) is 0.938. The third kappa shape index (κ3) is 3.40. The zero-order chi connectivity index (χ0) is 13.8. The van der Waals surface area contributed by atoms with Crippen molar-refractivity contribution in [1.29, 1.82) is 0 Å². The number of rotatable bonds is 5. The van der Waals surface area contributed by atoms with Crippen LogP contribution in [0.15, 0.2) is 24.3 Å². The Labute approximate surface area is 113 Å². The van der Waals surface area contributed by atoms with Crippen LogP contribution in [0.3, 0.4) is 0 Å². The van der Waals surface area contributed by atoms with Gasteiger partial charge in [0.05, 0.1) is 4.92 Å². The fourth-order valence-corrected chi connectivity index (χ4v) is 2.75. The Balaban J connectivity index is 1.99. The smallest absolute Gasteiger partial charge is 0.269 e. The molecule has 4 nitrogen and oxygen atoms in total. The van der Waals surface area contributed by atoms with Gasteiger partial charge in [-0.25, -0.2) is 0 Å². The topological polar surface area (TPSA) is 60.2 Å². The molecule has 1 aromatic rings. The maximum Gasteiger partial charge on any atom is 0.269 e. The molecule has 0 amide bonds. The number of carbonyl (C=O) groups excluding carboxylic acids is 1. The molecule has 0 radical (unpaired) electrons. The van der Waals surface area contributed by atoms with Crippen LogP contribution in [0.4, 0.5) is 5.69 Å². The molecular formula is C15H19NO3. The van der Waals surface area contributed by atoms with Crippen molar-refractivity contribution >= 4 is 11.5 Å². The summed E-state index contributed by atoms with van der Waals surface area (Å²) in [6.45, 7) is 1.89. The summed E-state index contributed by atoms with van der Waals surface area (Å²) in [5, 5.41) is 10.6. The number of ketones is 1. The van der Waals surface area contributed by atoms with Crippen molar-refractivity contribution in [3.63, 3.8) is 0 Å². The van der Waals surface area contributed by atoms with Gasteiger partial charge in [-0.05, 0) is 11.5 Å². The van der Waals surface area contributed by atoms with Crippen LogP contribution in [0.25, 0.3) is 0 Å². The molecule has 1 aliphatic carbocycles. The molecule has 0 heterocycles. The van der Waals surface area contributed by atoms with Gasteiger partial charge < -0.3 is 0 Å². The molecule has 1 atom stereocenters. The standard InChI is InChI=1S/C15H19NO3/c1-11(15(17)10-12-4-2-3-5-12)13-6-8-14(9-7-13)16(18)19/h6-9,11-12H,2-5,10H2,1H3. The molecule has 0 aliphatic heterocycles. The first-order valence-electron chi connectivity index (χ1n) is 6.85. The van der Waals surface area contributed by atoms with Crippen molar-refractivity contribution in [3.8, 4) is 0 Å². The third-order valence-electron chi connectivity index (χ3n) is 4.05. The van der Waals surface area contributed by atoms with E-state index in [1.54, 1.807) is 12.1 Å². The Hall–Kier alpha value is -1.71. The maximum atomic E-state index is 12.2. The van der Waals surface area contributed by atoms with Gasteiger partial charge in [0.2, 0.25) is 0 Å². The SMILES string of the molecule is CC(C(=O)CC1CCCC1)c1ccc([N+](=O)[O-])cc1. The highest BCUT2D eigenvalue weighted by Crippen LogP contribution is 2.30. The third-order valence-corrected chi connectivity index (χ3v) is 4.05. The highest BCUT2D eigenvalue weighted by atomic mass is 16.6. The lowest BCUT2D eigenvalue weighted by molar-refractivity contribution is -0.384. The van der Waals surface area contributed by atoms with Gasteiger partial charge in [-0.1, -0.05) is 44.7 Å². The summed E-state index contributed by atoms with van der Waals surface area (Å²) >= 11 is 0. The van der Waals surface area contributed by atoms with Crippen molar-refractivity contribution in [2.75, 3.05) is 0 Å². The van der Waals surface area contributed by atoms with Gasteiger partial charge in [0.25, 0.3) is 5.69 Å². The van der Waals surface area contributed by atoms with Crippen LogP contribution in [0.2, 0.25) is 0 Å². The monoisotopic (exact) mass is 261 g/mol. The van der Waals surface area contributed by atoms with Crippen LogP contribution in [0.5, 0.6) is 0 Å². The predicted octanol–water partition coefficient (Wildman–Crippen LogP) is 3.85. The van der Waals surface area contributed by atoms with E-state index in [4.69, 9.17) is 0 Å². The fourth-order valence-electron chi connectivity index (χ4n) is 2.75. The first kappa shape index (κ1) is 13.7. The van der Waals surface area contributed by atoms with Gasteiger partial charge in [0, 0.05) is 24.5 Å². The van der Waals surface area contributed by atoms with E-state index >= 15 is 0 Å². The van der Waals surface area contributed by atoms with Crippen molar-refractivity contribution in [1.82, 2.24) is 0 Å². The minimum Gasteiger partial charge on any atom is -0.299 e. The molecule has 1 unspecified atom stereocenters. The van der Waals surface area contributed by atoms with Crippen LogP contribution < -0.4 is 0 Å². The van der Waals surface area contributed by atoms with Gasteiger partial charge in [-0.3, -0.25) is 14.9 Å². The summed E-state index contributed by atoms with van der Waals surface area (Å²) < 4.78 is 0. The number of nitro benzene ring substituents is 1. The van der Waals surface area contributed by atoms with E-state index in [1.807, 2.05) is 6.92 Å². The first-order valence-corrected chi connectivity index (χ1v) is 6.85. The van der Waals surface area contributed by atoms with E-state index in [9.17, 15) is 14.9 Å². The van der Waals surface area contributed by atoms with Crippen molar-refractivity contribution < 1.29 is 9.72 Å². The molecule has 1 aliphatic rings. The van der Waals surface area contributed by atoms with Crippen LogP contribution in [0, 0.1) is 16.0 Å². The number of carbonyl (C=O) groups is 1. The van der Waals surface area contributed by atoms with Gasteiger partial charge in [0.1, 0.15) is 5.78 Å². The van der Waals surface area contributed by atoms with E-state index < -0.39 is 4.92 Å². The molecule has 4 heteroatoms. The van der Waals surface area contributed by atoms with E-state index in [2.05, 4.69) is 0 Å². The summed E-state index contributed by atoms with van der Waals surface area (Å²) in [6.07, 6.45) is 5.46. The first-order chi connectivity index (χ1) is 9.08. The zero-order valence-electron chi connectivity index (χ0n) is 11.2. The second-order valence-corrected chi connectivity index (χ2v) is 5.39. The molecule has 19 heavy (non-hydrogen) atoms. The van der Waals surface area contributed by atoms with Crippen molar-refractivity contribution in [2.24, 2.45) is 5.92 Å². The summed E-state index contributed by atoms with van der Waals surface area (Å²) in [4.78, 5) is 22.3. The number of hydrogen-bond donors (Lipinski definition) is 0. The zero-order valence-corrected chi connectivity index (χ0v) is 11.2. The van der Waals surface area contributed by atoms with Crippen LogP contribution >= 0.6 is 0 Å². The summed E-state index contributed by atoms with van der Waals surface area (Å²) in [5.74, 6) is 0.634. The van der Waals surface area contributed by atoms with Crippen molar-refractivity contribution in [2.45, 2.75) is 44.9 Å². The van der Waals surface area contributed by atoms with Gasteiger partial charge >= 0.3 is 0 Å². The average molecular weight is 261 g/mol. The van der Waals surface area contributed by atoms with Gasteiger partial charge in [-0.2, -0.15) is 0 Å². The molecular weight excluding hydrogens is 242 g/mol. The Kier molecular flexibility index (Phi) is 4.30. The quantitative estimate of drug-likeness (QED) is 0.597. The number of non-ortho nitro benzene ring substituents is 1. The fraction of sp³-hybridized carbons (Fsp3) is 0.533. The summed E-state index contributed by atoms with van der Waals surface area (Å²) in [6, 6.07) is 6.31. The van der Waals surface area contributed by atoms with Gasteiger partial charge in [-0.15, -0.1) is 0 Å². The predicted molar refractivity (Wildman–Crippen MR) is 73.1 cm³/mol. The molecule has 0 spiro atoms. The van der Waals surface area contributed by atoms with E-state index in [0.29, 0.717) is 12.3 Å². The van der Waals surface area contributed by atoms with Gasteiger partial charge in [0.15, 0.2) is 0 Å². The minimum absolute atomic E-state index is 0.0687. The molecule has 0 aromatic heterocycles. The van der Waals surface area contributed by atoms with Crippen LogP contribution in [0.1, 0.15) is 50.5 Å². The molecule has 0 N–H and O–H groups in total. The average Bonchev–Trinajstić information content (AvgIpc) is 2.90. The molecule has 102 valence electrons.